The van der Waals surface area contributed by atoms with Gasteiger partial charge >= 0.3 is 0 Å². The molecule has 0 radical (unpaired) electrons. The van der Waals surface area contributed by atoms with E-state index >= 15 is 0 Å². The lowest BCUT2D eigenvalue weighted by Crippen LogP contribution is -2.25. The van der Waals surface area contributed by atoms with Gasteiger partial charge in [-0.1, -0.05) is 60.3 Å². The van der Waals surface area contributed by atoms with Crippen LogP contribution in [0.3, 0.4) is 0 Å². The third kappa shape index (κ3) is 10.9. The second kappa shape index (κ2) is 18.3. The van der Waals surface area contributed by atoms with Gasteiger partial charge in [-0.25, -0.2) is 0 Å². The molecule has 2 aliphatic rings. The van der Waals surface area contributed by atoms with Crippen molar-refractivity contribution in [1.29, 1.82) is 0 Å². The number of benzene rings is 4. The van der Waals surface area contributed by atoms with Gasteiger partial charge in [0, 0.05) is 0 Å². The number of aliphatic hydroxyl groups is 2. The molecule has 4 N–H and O–H groups in total. The van der Waals surface area contributed by atoms with Crippen LogP contribution in [0.5, 0.6) is 23.0 Å². The van der Waals surface area contributed by atoms with E-state index in [2.05, 4.69) is 10.6 Å². The molecule has 14 heteroatoms. The van der Waals surface area contributed by atoms with Crippen molar-refractivity contribution >= 4 is 51.9 Å². The molecule has 3 unspecified atom stereocenters. The Kier molecular flexibility index (Phi) is 13.3. The van der Waals surface area contributed by atoms with Crippen molar-refractivity contribution in [2.45, 2.75) is 23.9 Å². The van der Waals surface area contributed by atoms with E-state index in [1.54, 1.807) is 81.0 Å². The molecule has 270 valence electrons. The number of carbonyl (C=O) groups excluding carboxylic acids is 4. The van der Waals surface area contributed by atoms with Crippen LogP contribution in [0.2, 0.25) is 0 Å². The monoisotopic (exact) mass is 744 g/mol. The third-order valence-corrected chi connectivity index (χ3v) is 9.50. The van der Waals surface area contributed by atoms with Crippen molar-refractivity contribution in [3.8, 4) is 23.0 Å². The Morgan fingerprint density at radius 2 is 1.23 bits per heavy atom. The van der Waals surface area contributed by atoms with Crippen molar-refractivity contribution in [1.82, 2.24) is 10.6 Å². The fraction of sp³-hybridized carbons (Fsp3) is 0.211. The summed E-state index contributed by atoms with van der Waals surface area (Å²) in [7, 11) is 3.15. The molecule has 0 bridgehead atoms. The summed E-state index contributed by atoms with van der Waals surface area (Å²) in [5.74, 6) is 1.93. The molecule has 4 aromatic rings. The van der Waals surface area contributed by atoms with Crippen LogP contribution in [0.15, 0.2) is 102 Å². The maximum atomic E-state index is 11.6. The average molecular weight is 745 g/mol. The zero-order valence-electron chi connectivity index (χ0n) is 28.1. The van der Waals surface area contributed by atoms with Crippen molar-refractivity contribution in [3.63, 3.8) is 0 Å². The summed E-state index contributed by atoms with van der Waals surface area (Å²) >= 11 is 1.89. The number of ether oxygens (including phenoxy) is 4. The molecule has 2 heterocycles. The Hall–Kier alpha value is -5.28. The van der Waals surface area contributed by atoms with E-state index in [4.69, 9.17) is 18.9 Å². The molecule has 2 fully saturated rings. The summed E-state index contributed by atoms with van der Waals surface area (Å²) in [5, 5.41) is 23.9. The average Bonchev–Trinajstić information content (AvgIpc) is 3.66. The number of hydrogen-bond acceptors (Lipinski definition) is 12. The second-order valence-electron chi connectivity index (χ2n) is 11.4. The number of hydrogen-bond donors (Lipinski definition) is 4. The summed E-state index contributed by atoms with van der Waals surface area (Å²) < 4.78 is 21.5. The maximum absolute atomic E-state index is 11.6. The molecule has 2 saturated heterocycles. The number of thioether (sulfide) groups is 2. The number of rotatable bonds is 13. The number of carbonyl (C=O) groups is 4. The molecule has 0 spiro atoms. The Morgan fingerprint density at radius 1 is 0.692 bits per heavy atom. The quantitative estimate of drug-likeness (QED) is 0.121. The fourth-order valence-electron chi connectivity index (χ4n) is 4.94. The van der Waals surface area contributed by atoms with Gasteiger partial charge in [0.25, 0.3) is 16.4 Å². The van der Waals surface area contributed by atoms with Crippen LogP contribution >= 0.6 is 23.5 Å². The first-order valence-corrected chi connectivity index (χ1v) is 17.6. The number of imide groups is 2. The zero-order chi connectivity index (χ0) is 37.0. The second-order valence-corrected chi connectivity index (χ2v) is 13.5. The minimum Gasteiger partial charge on any atom is -0.497 e. The first-order chi connectivity index (χ1) is 25.1. The topological polar surface area (TPSA) is 170 Å². The van der Waals surface area contributed by atoms with Crippen molar-refractivity contribution < 1.29 is 48.3 Å². The van der Waals surface area contributed by atoms with Gasteiger partial charge < -0.3 is 29.2 Å². The molecule has 2 aliphatic heterocycles. The van der Waals surface area contributed by atoms with Gasteiger partial charge in [-0.05, 0) is 95.0 Å². The number of amides is 4. The number of nitrogens with one attached hydrogen (secondary N) is 2. The highest BCUT2D eigenvalue weighted by molar-refractivity contribution is 8.18. The van der Waals surface area contributed by atoms with Crippen molar-refractivity contribution in [2.75, 3.05) is 27.4 Å². The van der Waals surface area contributed by atoms with Crippen molar-refractivity contribution in [2.24, 2.45) is 0 Å². The van der Waals surface area contributed by atoms with E-state index in [-0.39, 0.29) is 40.8 Å². The summed E-state index contributed by atoms with van der Waals surface area (Å²) in [4.78, 5) is 45.8. The molecule has 52 heavy (non-hydrogen) atoms. The summed E-state index contributed by atoms with van der Waals surface area (Å²) in [6.07, 6.45) is 0.570. The lowest BCUT2D eigenvalue weighted by atomic mass is 10.1. The van der Waals surface area contributed by atoms with Crippen LogP contribution in [0, 0.1) is 0 Å². The number of aliphatic hydroxyl groups excluding tert-OH is 2. The van der Waals surface area contributed by atoms with E-state index in [1.807, 2.05) is 36.4 Å². The van der Waals surface area contributed by atoms with E-state index in [0.717, 1.165) is 40.2 Å². The molecule has 0 aliphatic carbocycles. The molecule has 12 nitrogen and oxygen atoms in total. The smallest absolute Gasteiger partial charge is 0.290 e. The standard InChI is InChI=1S/C19H19NO5S.C19H17NO5S/c2*1-24-15-4-2-3-13(10-15)16(21)11-25-14-7-5-12(6-8-14)9-17-18(22)20-19(23)26-17/h2-8,10,16-17,21H,9,11H2,1H3,(H,20,22,23);2-10,16,21H,11H2,1H3,(H,20,22,23). The SMILES string of the molecule is COc1cccc(C(O)COc2ccc(C=C3SC(=O)NC3=O)cc2)c1.COc1cccc(C(O)COc2ccc(CC3SC(=O)NC3=O)cc2)c1. The summed E-state index contributed by atoms with van der Waals surface area (Å²) in [6.45, 7) is 0.211. The fourth-order valence-corrected chi connectivity index (χ4v) is 6.48. The van der Waals surface area contributed by atoms with Gasteiger partial charge in [-0.2, -0.15) is 0 Å². The lowest BCUT2D eigenvalue weighted by Gasteiger charge is -2.14. The molecule has 6 rings (SSSR count). The third-order valence-electron chi connectivity index (χ3n) is 7.70. The normalized spacial score (nSPS) is 17.1. The van der Waals surface area contributed by atoms with E-state index in [9.17, 15) is 29.4 Å². The van der Waals surface area contributed by atoms with Crippen LogP contribution in [0.1, 0.15) is 34.5 Å². The van der Waals surface area contributed by atoms with Gasteiger partial charge in [-0.3, -0.25) is 29.8 Å². The Labute approximate surface area is 308 Å². The maximum Gasteiger partial charge on any atom is 0.290 e. The first kappa shape index (κ1) is 38.0. The highest BCUT2D eigenvalue weighted by atomic mass is 32.2. The van der Waals surface area contributed by atoms with Gasteiger partial charge in [0.2, 0.25) is 5.91 Å². The molecule has 3 atom stereocenters. The van der Waals surface area contributed by atoms with E-state index < -0.39 is 12.2 Å². The molecule has 4 aromatic carbocycles. The predicted molar refractivity (Wildman–Crippen MR) is 198 cm³/mol. The largest absolute Gasteiger partial charge is 0.497 e. The minimum atomic E-state index is -0.781. The zero-order valence-corrected chi connectivity index (χ0v) is 29.8. The van der Waals surface area contributed by atoms with Crippen molar-refractivity contribution in [3.05, 3.63) is 124 Å². The summed E-state index contributed by atoms with van der Waals surface area (Å²) in [6, 6.07) is 28.7. The van der Waals surface area contributed by atoms with E-state index in [0.29, 0.717) is 39.9 Å². The Morgan fingerprint density at radius 3 is 1.69 bits per heavy atom. The molecule has 0 saturated carbocycles. The van der Waals surface area contributed by atoms with Crippen LogP contribution in [0.4, 0.5) is 9.59 Å². The van der Waals surface area contributed by atoms with Gasteiger partial charge in [0.05, 0.1) is 24.4 Å². The highest BCUT2D eigenvalue weighted by Crippen LogP contribution is 2.27. The van der Waals surface area contributed by atoms with Gasteiger partial charge in [0.15, 0.2) is 0 Å². The van der Waals surface area contributed by atoms with Crippen LogP contribution < -0.4 is 29.6 Å². The van der Waals surface area contributed by atoms with Crippen LogP contribution in [0.25, 0.3) is 6.08 Å². The molecule has 0 aromatic heterocycles. The Balaban J connectivity index is 0.000000201. The predicted octanol–water partition coefficient (Wildman–Crippen LogP) is 5.83. The van der Waals surface area contributed by atoms with Crippen LogP contribution in [-0.2, 0) is 16.0 Å². The minimum absolute atomic E-state index is 0.0976. The van der Waals surface area contributed by atoms with Gasteiger partial charge in [-0.15, -0.1) is 0 Å². The first-order valence-electron chi connectivity index (χ1n) is 15.9. The highest BCUT2D eigenvalue weighted by Gasteiger charge is 2.31. The summed E-state index contributed by atoms with van der Waals surface area (Å²) in [5.41, 5.74) is 3.14. The van der Waals surface area contributed by atoms with Gasteiger partial charge in [0.1, 0.15) is 48.4 Å². The molecule has 4 amide bonds. The van der Waals surface area contributed by atoms with Crippen LogP contribution in [-0.4, -0.2) is 65.2 Å². The number of methoxy groups -OCH3 is 2. The van der Waals surface area contributed by atoms with E-state index in [1.165, 1.54) is 0 Å². The Bertz CT molecular complexity index is 1920. The lowest BCUT2D eigenvalue weighted by molar-refractivity contribution is -0.119. The molecular formula is C38H36N2O10S2. The molecular weight excluding hydrogens is 709 g/mol.